The van der Waals surface area contributed by atoms with E-state index in [1.54, 1.807) is 0 Å². The maximum absolute atomic E-state index is 2.55. The molecule has 0 unspecified atom stereocenters. The van der Waals surface area contributed by atoms with Gasteiger partial charge in [0.25, 0.3) is 0 Å². The second kappa shape index (κ2) is 8.20. The van der Waals surface area contributed by atoms with E-state index in [0.717, 1.165) is 6.42 Å². The van der Waals surface area contributed by atoms with Gasteiger partial charge in [-0.25, -0.2) is 0 Å². The Bertz CT molecular complexity index is 1840. The molecule has 0 heteroatoms. The van der Waals surface area contributed by atoms with E-state index in [9.17, 15) is 0 Å². The molecule has 0 aliphatic heterocycles. The van der Waals surface area contributed by atoms with Gasteiger partial charge in [-0.1, -0.05) is 121 Å². The second-order valence-corrected chi connectivity index (χ2v) is 14.4. The maximum atomic E-state index is 2.55. The van der Waals surface area contributed by atoms with E-state index < -0.39 is 0 Å². The van der Waals surface area contributed by atoms with Gasteiger partial charge in [0.15, 0.2) is 0 Å². The summed E-state index contributed by atoms with van der Waals surface area (Å²) in [7, 11) is 0. The van der Waals surface area contributed by atoms with Gasteiger partial charge in [-0.3, -0.25) is 0 Å². The molecule has 200 valence electrons. The molecule has 5 aromatic rings. The van der Waals surface area contributed by atoms with E-state index in [0.29, 0.717) is 0 Å². The largest absolute Gasteiger partial charge is 0.0616 e. The van der Waals surface area contributed by atoms with Crippen molar-refractivity contribution in [2.75, 3.05) is 0 Å². The van der Waals surface area contributed by atoms with Crippen LogP contribution in [0.15, 0.2) is 84.9 Å². The molecule has 0 spiro atoms. The van der Waals surface area contributed by atoms with E-state index >= 15 is 0 Å². The molecule has 0 amide bonds. The molecule has 0 N–H and O–H groups in total. The van der Waals surface area contributed by atoms with Gasteiger partial charge < -0.3 is 0 Å². The van der Waals surface area contributed by atoms with Crippen molar-refractivity contribution in [3.8, 4) is 22.3 Å². The highest BCUT2D eigenvalue weighted by molar-refractivity contribution is 6.05. The molecular formula is C40H40. The van der Waals surface area contributed by atoms with Gasteiger partial charge in [0.05, 0.1) is 0 Å². The van der Waals surface area contributed by atoms with Crippen LogP contribution < -0.4 is 0 Å². The molecule has 0 atom stereocenters. The van der Waals surface area contributed by atoms with Crippen molar-refractivity contribution in [3.63, 3.8) is 0 Å². The fourth-order valence-corrected chi connectivity index (χ4v) is 7.50. The molecule has 2 aliphatic carbocycles. The average Bonchev–Trinajstić information content (AvgIpc) is 3.27. The highest BCUT2D eigenvalue weighted by Crippen LogP contribution is 2.57. The zero-order valence-electron chi connectivity index (χ0n) is 25.3. The van der Waals surface area contributed by atoms with Gasteiger partial charge in [0.2, 0.25) is 0 Å². The predicted octanol–water partition coefficient (Wildman–Crippen LogP) is 10.6. The molecule has 0 fully saturated rings. The smallest absolute Gasteiger partial charge is 0.0159 e. The molecule has 0 saturated carbocycles. The van der Waals surface area contributed by atoms with E-state index in [1.807, 2.05) is 0 Å². The zero-order valence-corrected chi connectivity index (χ0v) is 25.3. The Hall–Kier alpha value is -3.64. The minimum atomic E-state index is -0.0425. The molecule has 2 aliphatic rings. The molecular weight excluding hydrogens is 480 g/mol. The van der Waals surface area contributed by atoms with Crippen molar-refractivity contribution in [2.45, 2.75) is 78.1 Å². The van der Waals surface area contributed by atoms with Gasteiger partial charge >= 0.3 is 0 Å². The molecule has 40 heavy (non-hydrogen) atoms. The standard InChI is InChI=1S/C40H40/c1-24-19-36-37(30-12-10-9-11-28(24)30)32-23-34-31(22-35(32)40(36,7)8)29-18-15-26(21-33(29)39(34,5)6)20-25-13-16-27(17-14-25)38(2,3)4/h9-19,21-23H,20H2,1-8H3. The molecule has 7 rings (SSSR count). The quantitative estimate of drug-likeness (QED) is 0.217. The Morgan fingerprint density at radius 1 is 0.550 bits per heavy atom. The van der Waals surface area contributed by atoms with Crippen LogP contribution in [0, 0.1) is 6.92 Å². The van der Waals surface area contributed by atoms with Crippen LogP contribution in [0.1, 0.15) is 93.0 Å². The molecule has 0 saturated heterocycles. The van der Waals surface area contributed by atoms with Gasteiger partial charge in [-0.15, -0.1) is 0 Å². The maximum Gasteiger partial charge on any atom is 0.0159 e. The summed E-state index contributed by atoms with van der Waals surface area (Å²) < 4.78 is 0. The van der Waals surface area contributed by atoms with Crippen LogP contribution in [-0.4, -0.2) is 0 Å². The van der Waals surface area contributed by atoms with Crippen LogP contribution in [-0.2, 0) is 22.7 Å². The summed E-state index contributed by atoms with van der Waals surface area (Å²) in [6.07, 6.45) is 0.965. The third kappa shape index (κ3) is 3.51. The van der Waals surface area contributed by atoms with Crippen LogP contribution >= 0.6 is 0 Å². The van der Waals surface area contributed by atoms with Gasteiger partial charge in [-0.05, 0) is 108 Å². The minimum Gasteiger partial charge on any atom is -0.0616 e. The van der Waals surface area contributed by atoms with Crippen LogP contribution in [0.25, 0.3) is 33.0 Å². The Morgan fingerprint density at radius 2 is 1.12 bits per heavy atom. The summed E-state index contributed by atoms with van der Waals surface area (Å²) in [4.78, 5) is 0. The Balaban J connectivity index is 1.33. The lowest BCUT2D eigenvalue weighted by molar-refractivity contribution is 0.590. The lowest BCUT2D eigenvalue weighted by atomic mass is 9.79. The van der Waals surface area contributed by atoms with E-state index in [2.05, 4.69) is 140 Å². The summed E-state index contributed by atoms with van der Waals surface area (Å²) in [5.74, 6) is 0. The summed E-state index contributed by atoms with van der Waals surface area (Å²) in [5, 5.41) is 2.76. The number of rotatable bonds is 2. The monoisotopic (exact) mass is 520 g/mol. The number of fused-ring (bicyclic) bond motifs is 8. The summed E-state index contributed by atoms with van der Waals surface area (Å²) >= 11 is 0. The number of hydrogen-bond acceptors (Lipinski definition) is 0. The molecule has 5 aromatic carbocycles. The number of hydrogen-bond donors (Lipinski definition) is 0. The molecule has 0 bridgehead atoms. The third-order valence-corrected chi connectivity index (χ3v) is 9.97. The Kier molecular flexibility index (Phi) is 5.19. The first-order chi connectivity index (χ1) is 18.9. The van der Waals surface area contributed by atoms with Crippen molar-refractivity contribution < 1.29 is 0 Å². The highest BCUT2D eigenvalue weighted by Gasteiger charge is 2.42. The lowest BCUT2D eigenvalue weighted by Gasteiger charge is -2.24. The topological polar surface area (TPSA) is 0 Å². The minimum absolute atomic E-state index is 0.0272. The first-order valence-corrected chi connectivity index (χ1v) is 14.8. The fraction of sp³-hybridized carbons (Fsp3) is 0.300. The second-order valence-electron chi connectivity index (χ2n) is 14.4. The Labute approximate surface area is 240 Å². The van der Waals surface area contributed by atoms with E-state index in [-0.39, 0.29) is 16.2 Å². The van der Waals surface area contributed by atoms with Crippen molar-refractivity contribution in [1.82, 2.24) is 0 Å². The Morgan fingerprint density at radius 3 is 1.82 bits per heavy atom. The molecule has 0 nitrogen and oxygen atoms in total. The number of benzene rings is 5. The summed E-state index contributed by atoms with van der Waals surface area (Å²) in [6, 6.07) is 32.9. The average molecular weight is 521 g/mol. The lowest BCUT2D eigenvalue weighted by Crippen LogP contribution is -2.17. The first kappa shape index (κ1) is 25.3. The molecule has 0 radical (unpaired) electrons. The van der Waals surface area contributed by atoms with Crippen LogP contribution in [0.4, 0.5) is 0 Å². The van der Waals surface area contributed by atoms with Crippen molar-refractivity contribution in [1.29, 1.82) is 0 Å². The van der Waals surface area contributed by atoms with Crippen molar-refractivity contribution >= 4 is 10.8 Å². The zero-order chi connectivity index (χ0) is 28.2. The van der Waals surface area contributed by atoms with Crippen LogP contribution in [0.2, 0.25) is 0 Å². The van der Waals surface area contributed by atoms with Gasteiger partial charge in [-0.2, -0.15) is 0 Å². The SMILES string of the molecule is Cc1cc2c(c3ccccc13)-c1cc3c(cc1C2(C)C)-c1ccc(Cc2ccc(C(C)(C)C)cc2)cc1C3(C)C. The fourth-order valence-electron chi connectivity index (χ4n) is 7.50. The van der Waals surface area contributed by atoms with Crippen LogP contribution in [0.5, 0.6) is 0 Å². The first-order valence-electron chi connectivity index (χ1n) is 14.8. The normalized spacial score (nSPS) is 16.0. The summed E-state index contributed by atoms with van der Waals surface area (Å²) in [5.41, 5.74) is 17.2. The number of aryl methyl sites for hydroxylation is 1. The third-order valence-electron chi connectivity index (χ3n) is 9.97. The van der Waals surface area contributed by atoms with Gasteiger partial charge in [0.1, 0.15) is 0 Å². The predicted molar refractivity (Wildman–Crippen MR) is 172 cm³/mol. The van der Waals surface area contributed by atoms with Crippen LogP contribution in [0.3, 0.4) is 0 Å². The van der Waals surface area contributed by atoms with E-state index in [1.165, 1.54) is 77.5 Å². The van der Waals surface area contributed by atoms with E-state index in [4.69, 9.17) is 0 Å². The van der Waals surface area contributed by atoms with Crippen molar-refractivity contribution in [2.24, 2.45) is 0 Å². The highest BCUT2D eigenvalue weighted by atomic mass is 14.4. The molecule has 0 aromatic heterocycles. The molecule has 0 heterocycles. The summed E-state index contributed by atoms with van der Waals surface area (Å²) in [6.45, 7) is 18.8. The van der Waals surface area contributed by atoms with Crippen molar-refractivity contribution in [3.05, 3.63) is 129 Å². The van der Waals surface area contributed by atoms with Gasteiger partial charge in [0, 0.05) is 10.8 Å².